The van der Waals surface area contributed by atoms with Gasteiger partial charge >= 0.3 is 6.03 Å². The van der Waals surface area contributed by atoms with E-state index in [0.29, 0.717) is 0 Å². The van der Waals surface area contributed by atoms with Gasteiger partial charge in [-0.25, -0.2) is 9.78 Å². The van der Waals surface area contributed by atoms with E-state index in [4.69, 9.17) is 4.74 Å². The van der Waals surface area contributed by atoms with Crippen molar-refractivity contribution in [3.8, 4) is 0 Å². The van der Waals surface area contributed by atoms with E-state index < -0.39 is 0 Å². The molecule has 0 atom stereocenters. The second kappa shape index (κ2) is 10.3. The van der Waals surface area contributed by atoms with Gasteiger partial charge in [0.15, 0.2) is 0 Å². The molecule has 3 rings (SSSR count). The SMILES string of the molecule is C1CCOC1.O=C(NCCCCN1CCCC1)n1ccnc1. The predicted octanol–water partition coefficient (Wildman–Crippen LogP) is 2.11. The average molecular weight is 308 g/mol. The molecule has 1 aromatic heterocycles. The highest BCUT2D eigenvalue weighted by Crippen LogP contribution is 2.07. The van der Waals surface area contributed by atoms with Gasteiger partial charge in [0.1, 0.15) is 6.33 Å². The van der Waals surface area contributed by atoms with Gasteiger partial charge in [-0.2, -0.15) is 0 Å². The Labute approximate surface area is 132 Å². The molecule has 2 aliphatic heterocycles. The molecule has 6 heteroatoms. The van der Waals surface area contributed by atoms with Gasteiger partial charge in [0, 0.05) is 32.2 Å². The fourth-order valence-corrected chi connectivity index (χ4v) is 2.64. The van der Waals surface area contributed by atoms with E-state index in [1.54, 1.807) is 12.4 Å². The van der Waals surface area contributed by atoms with E-state index in [2.05, 4.69) is 15.2 Å². The Hall–Kier alpha value is -1.40. The lowest BCUT2D eigenvalue weighted by Gasteiger charge is -2.13. The molecule has 2 saturated heterocycles. The number of amides is 1. The van der Waals surface area contributed by atoms with Gasteiger partial charge < -0.3 is 15.0 Å². The van der Waals surface area contributed by atoms with Crippen LogP contribution in [-0.4, -0.2) is 59.9 Å². The van der Waals surface area contributed by atoms with Crippen LogP contribution in [0.3, 0.4) is 0 Å². The van der Waals surface area contributed by atoms with Crippen molar-refractivity contribution >= 4 is 6.03 Å². The van der Waals surface area contributed by atoms with Crippen LogP contribution in [0.15, 0.2) is 18.7 Å². The number of aromatic nitrogens is 2. The zero-order valence-electron chi connectivity index (χ0n) is 13.4. The average Bonchev–Trinajstić information content (AvgIpc) is 3.29. The van der Waals surface area contributed by atoms with Gasteiger partial charge in [-0.15, -0.1) is 0 Å². The molecule has 124 valence electrons. The quantitative estimate of drug-likeness (QED) is 0.847. The first-order valence-corrected chi connectivity index (χ1v) is 8.42. The van der Waals surface area contributed by atoms with Crippen molar-refractivity contribution in [1.82, 2.24) is 19.8 Å². The highest BCUT2D eigenvalue weighted by atomic mass is 16.5. The van der Waals surface area contributed by atoms with Crippen LogP contribution in [0.2, 0.25) is 0 Å². The van der Waals surface area contributed by atoms with Gasteiger partial charge in [-0.05, 0) is 58.2 Å². The highest BCUT2D eigenvalue weighted by molar-refractivity contribution is 5.76. The summed E-state index contributed by atoms with van der Waals surface area (Å²) in [6.45, 7) is 6.41. The molecule has 0 aromatic carbocycles. The van der Waals surface area contributed by atoms with E-state index in [0.717, 1.165) is 32.6 Å². The van der Waals surface area contributed by atoms with Crippen molar-refractivity contribution in [2.75, 3.05) is 39.4 Å². The summed E-state index contributed by atoms with van der Waals surface area (Å²) >= 11 is 0. The fourth-order valence-electron chi connectivity index (χ4n) is 2.64. The summed E-state index contributed by atoms with van der Waals surface area (Å²) in [5.74, 6) is 0. The van der Waals surface area contributed by atoms with Gasteiger partial charge in [-0.3, -0.25) is 4.57 Å². The third-order valence-corrected chi connectivity index (χ3v) is 3.94. The number of hydrogen-bond donors (Lipinski definition) is 1. The molecule has 0 unspecified atom stereocenters. The number of nitrogens with one attached hydrogen (secondary N) is 1. The first kappa shape index (κ1) is 17.0. The normalized spacial score (nSPS) is 18.0. The topological polar surface area (TPSA) is 59.4 Å². The summed E-state index contributed by atoms with van der Waals surface area (Å²) in [5.41, 5.74) is 0. The van der Waals surface area contributed by atoms with Crippen LogP contribution in [-0.2, 0) is 4.74 Å². The van der Waals surface area contributed by atoms with Gasteiger partial charge in [0.25, 0.3) is 0 Å². The molecule has 0 bridgehead atoms. The van der Waals surface area contributed by atoms with E-state index in [9.17, 15) is 4.79 Å². The number of imidazole rings is 1. The van der Waals surface area contributed by atoms with E-state index >= 15 is 0 Å². The first-order chi connectivity index (χ1) is 10.9. The van der Waals surface area contributed by atoms with Crippen LogP contribution in [0.1, 0.15) is 38.5 Å². The third kappa shape index (κ3) is 6.58. The lowest BCUT2D eigenvalue weighted by Crippen LogP contribution is -2.29. The lowest BCUT2D eigenvalue weighted by molar-refractivity contribution is 0.198. The fraction of sp³-hybridized carbons (Fsp3) is 0.750. The Morgan fingerprint density at radius 1 is 1.14 bits per heavy atom. The number of unbranched alkanes of at least 4 members (excludes halogenated alkanes) is 1. The minimum atomic E-state index is -0.0938. The Morgan fingerprint density at radius 2 is 1.91 bits per heavy atom. The summed E-state index contributed by atoms with van der Waals surface area (Å²) in [4.78, 5) is 17.9. The number of likely N-dealkylation sites (tertiary alicyclic amines) is 1. The van der Waals surface area contributed by atoms with Crippen molar-refractivity contribution in [2.24, 2.45) is 0 Å². The van der Waals surface area contributed by atoms with Crippen LogP contribution < -0.4 is 5.32 Å². The summed E-state index contributed by atoms with van der Waals surface area (Å²) in [7, 11) is 0. The van der Waals surface area contributed by atoms with Crippen LogP contribution in [0.5, 0.6) is 0 Å². The molecule has 0 aliphatic carbocycles. The van der Waals surface area contributed by atoms with Crippen molar-refractivity contribution < 1.29 is 9.53 Å². The predicted molar refractivity (Wildman–Crippen MR) is 86.0 cm³/mol. The first-order valence-electron chi connectivity index (χ1n) is 8.42. The maximum atomic E-state index is 11.5. The minimum Gasteiger partial charge on any atom is -0.381 e. The second-order valence-electron chi connectivity index (χ2n) is 5.78. The minimum absolute atomic E-state index is 0.0938. The zero-order valence-corrected chi connectivity index (χ0v) is 13.4. The van der Waals surface area contributed by atoms with E-state index in [-0.39, 0.29) is 6.03 Å². The maximum absolute atomic E-state index is 11.5. The van der Waals surface area contributed by atoms with Crippen LogP contribution in [0.25, 0.3) is 0 Å². The number of nitrogens with zero attached hydrogens (tertiary/aromatic N) is 3. The summed E-state index contributed by atoms with van der Waals surface area (Å²) in [6, 6.07) is -0.0938. The van der Waals surface area contributed by atoms with Crippen molar-refractivity contribution in [1.29, 1.82) is 0 Å². The molecule has 0 spiro atoms. The van der Waals surface area contributed by atoms with Crippen LogP contribution in [0, 0.1) is 0 Å². The lowest BCUT2D eigenvalue weighted by atomic mass is 10.3. The Balaban J connectivity index is 0.000000299. The molecule has 1 aromatic rings. The van der Waals surface area contributed by atoms with Crippen molar-refractivity contribution in [3.63, 3.8) is 0 Å². The third-order valence-electron chi connectivity index (χ3n) is 3.94. The van der Waals surface area contributed by atoms with E-state index in [1.165, 1.54) is 56.2 Å². The van der Waals surface area contributed by atoms with E-state index in [1.807, 2.05) is 0 Å². The molecule has 6 nitrogen and oxygen atoms in total. The molecule has 2 fully saturated rings. The molecular weight excluding hydrogens is 280 g/mol. The number of hydrogen-bond acceptors (Lipinski definition) is 4. The number of carbonyl (C=O) groups excluding carboxylic acids is 1. The van der Waals surface area contributed by atoms with Crippen molar-refractivity contribution in [2.45, 2.75) is 38.5 Å². The zero-order chi connectivity index (χ0) is 15.5. The molecule has 0 saturated carbocycles. The Morgan fingerprint density at radius 3 is 2.50 bits per heavy atom. The number of ether oxygens (including phenoxy) is 1. The number of rotatable bonds is 5. The second-order valence-corrected chi connectivity index (χ2v) is 5.78. The van der Waals surface area contributed by atoms with Gasteiger partial charge in [0.05, 0.1) is 0 Å². The summed E-state index contributed by atoms with van der Waals surface area (Å²) in [5, 5.41) is 2.88. The Kier molecular flexibility index (Phi) is 7.98. The molecule has 1 amide bonds. The molecule has 3 heterocycles. The Bertz CT molecular complexity index is 391. The van der Waals surface area contributed by atoms with Crippen molar-refractivity contribution in [3.05, 3.63) is 18.7 Å². The summed E-state index contributed by atoms with van der Waals surface area (Å²) in [6.07, 6.45) is 12.2. The molecule has 2 aliphatic rings. The largest absolute Gasteiger partial charge is 0.381 e. The maximum Gasteiger partial charge on any atom is 0.326 e. The molecule has 0 radical (unpaired) electrons. The smallest absolute Gasteiger partial charge is 0.326 e. The monoisotopic (exact) mass is 308 g/mol. The molecular formula is C16H28N4O2. The highest BCUT2D eigenvalue weighted by Gasteiger charge is 2.10. The van der Waals surface area contributed by atoms with Crippen LogP contribution >= 0.6 is 0 Å². The molecule has 22 heavy (non-hydrogen) atoms. The molecule has 1 N–H and O–H groups in total. The van der Waals surface area contributed by atoms with Gasteiger partial charge in [0.2, 0.25) is 0 Å². The standard InChI is InChI=1S/C12H20N4O.C4H8O/c17-12(16-10-6-13-11-16)14-5-1-2-7-15-8-3-4-9-15;1-2-4-5-3-1/h6,10-11H,1-5,7-9H2,(H,14,17);1-4H2. The van der Waals surface area contributed by atoms with Crippen LogP contribution in [0.4, 0.5) is 4.79 Å². The van der Waals surface area contributed by atoms with Gasteiger partial charge in [-0.1, -0.05) is 0 Å². The number of carbonyl (C=O) groups is 1. The summed E-state index contributed by atoms with van der Waals surface area (Å²) < 4.78 is 6.40.